The van der Waals surface area contributed by atoms with Crippen LogP contribution in [0.25, 0.3) is 0 Å². The molecule has 0 saturated carbocycles. The molecule has 1 N–H and O–H groups in total. The van der Waals surface area contributed by atoms with Gasteiger partial charge >= 0.3 is 0 Å². The number of nitrogens with one attached hydrogen (secondary N) is 1. The Balaban J connectivity index is 3.14. The Morgan fingerprint density at radius 1 is 1.40 bits per heavy atom. The normalized spacial score (nSPS) is 11.3. The van der Waals surface area contributed by atoms with Gasteiger partial charge in [0.05, 0.1) is 4.90 Å². The van der Waals surface area contributed by atoms with E-state index in [-0.39, 0.29) is 11.4 Å². The van der Waals surface area contributed by atoms with E-state index in [0.29, 0.717) is 8.95 Å². The molecule has 0 heterocycles. The van der Waals surface area contributed by atoms with Gasteiger partial charge < -0.3 is 0 Å². The van der Waals surface area contributed by atoms with Crippen molar-refractivity contribution in [2.45, 2.75) is 4.90 Å². The lowest BCUT2D eigenvalue weighted by Crippen LogP contribution is -2.24. The largest absolute Gasteiger partial charge is 0.242 e. The third-order valence-corrected chi connectivity index (χ3v) is 4.51. The van der Waals surface area contributed by atoms with Gasteiger partial charge in [0.15, 0.2) is 0 Å². The fraction of sp³-hybridized carbons (Fsp3) is 0.111. The van der Waals surface area contributed by atoms with Gasteiger partial charge in [0, 0.05) is 15.5 Å². The lowest BCUT2D eigenvalue weighted by atomic mass is 10.4. The maximum atomic E-state index is 11.8. The summed E-state index contributed by atoms with van der Waals surface area (Å²) in [5, 5.41) is 0. The van der Waals surface area contributed by atoms with Crippen LogP contribution in [0.3, 0.4) is 0 Å². The van der Waals surface area contributed by atoms with Gasteiger partial charge in [-0.1, -0.05) is 22.0 Å². The molecule has 0 unspecified atom stereocenters. The molecule has 15 heavy (non-hydrogen) atoms. The van der Waals surface area contributed by atoms with E-state index in [1.807, 2.05) is 0 Å². The minimum atomic E-state index is -3.47. The van der Waals surface area contributed by atoms with Crippen LogP contribution < -0.4 is 4.72 Å². The van der Waals surface area contributed by atoms with Crippen molar-refractivity contribution in [2.75, 3.05) is 6.54 Å². The third kappa shape index (κ3) is 3.41. The Morgan fingerprint density at radius 2 is 2.07 bits per heavy atom. The van der Waals surface area contributed by atoms with E-state index in [1.54, 1.807) is 12.1 Å². The van der Waals surface area contributed by atoms with Crippen LogP contribution in [0.2, 0.25) is 0 Å². The van der Waals surface area contributed by atoms with Gasteiger partial charge in [-0.3, -0.25) is 0 Å². The third-order valence-electron chi connectivity index (χ3n) is 1.60. The second-order valence-corrected chi connectivity index (χ2v) is 6.22. The first-order chi connectivity index (χ1) is 6.97. The van der Waals surface area contributed by atoms with Crippen LogP contribution in [0.5, 0.6) is 0 Å². The molecule has 1 aromatic carbocycles. The molecule has 3 nitrogen and oxygen atoms in total. The number of rotatable bonds is 4. The first kappa shape index (κ1) is 12.9. The monoisotopic (exact) mass is 353 g/mol. The van der Waals surface area contributed by atoms with Gasteiger partial charge in [-0.25, -0.2) is 13.1 Å². The topological polar surface area (TPSA) is 46.2 Å². The molecule has 0 bridgehead atoms. The highest BCUT2D eigenvalue weighted by Crippen LogP contribution is 2.25. The predicted octanol–water partition coefficient (Wildman–Crippen LogP) is 2.68. The van der Waals surface area contributed by atoms with Gasteiger partial charge in [-0.05, 0) is 34.1 Å². The summed E-state index contributed by atoms with van der Waals surface area (Å²) in [7, 11) is -3.47. The molecular weight excluding hydrogens is 346 g/mol. The summed E-state index contributed by atoms with van der Waals surface area (Å²) in [5.74, 6) is 0. The van der Waals surface area contributed by atoms with Gasteiger partial charge in [0.1, 0.15) is 0 Å². The van der Waals surface area contributed by atoms with E-state index in [9.17, 15) is 8.42 Å². The standard InChI is InChI=1S/C9H9Br2NO2S/c1-2-5-12-15(13,14)9-6-7(10)3-4-8(9)11/h2-4,6,12H,1,5H2. The summed E-state index contributed by atoms with van der Waals surface area (Å²) >= 11 is 6.42. The van der Waals surface area contributed by atoms with Crippen molar-refractivity contribution in [3.63, 3.8) is 0 Å². The molecule has 0 saturated heterocycles. The number of benzene rings is 1. The van der Waals surface area contributed by atoms with E-state index in [2.05, 4.69) is 43.2 Å². The van der Waals surface area contributed by atoms with Crippen molar-refractivity contribution in [3.8, 4) is 0 Å². The second-order valence-electron chi connectivity index (χ2n) is 2.72. The highest BCUT2D eigenvalue weighted by Gasteiger charge is 2.16. The quantitative estimate of drug-likeness (QED) is 0.845. The number of sulfonamides is 1. The highest BCUT2D eigenvalue weighted by atomic mass is 79.9. The average Bonchev–Trinajstić information content (AvgIpc) is 2.18. The van der Waals surface area contributed by atoms with Crippen LogP contribution in [0.15, 0.2) is 44.7 Å². The van der Waals surface area contributed by atoms with Gasteiger partial charge in [-0.2, -0.15) is 0 Å². The summed E-state index contributed by atoms with van der Waals surface area (Å²) in [6, 6.07) is 4.97. The van der Waals surface area contributed by atoms with Crippen LogP contribution in [0, 0.1) is 0 Å². The Labute approximate surface area is 106 Å². The smallest absolute Gasteiger partial charge is 0.207 e. The minimum absolute atomic E-state index is 0.207. The lowest BCUT2D eigenvalue weighted by Gasteiger charge is -2.07. The lowest BCUT2D eigenvalue weighted by molar-refractivity contribution is 0.585. The van der Waals surface area contributed by atoms with Crippen molar-refractivity contribution in [1.82, 2.24) is 4.72 Å². The van der Waals surface area contributed by atoms with E-state index in [1.165, 1.54) is 12.1 Å². The van der Waals surface area contributed by atoms with Crippen molar-refractivity contribution < 1.29 is 8.42 Å². The van der Waals surface area contributed by atoms with Gasteiger partial charge in [-0.15, -0.1) is 6.58 Å². The molecule has 0 aliphatic heterocycles. The second kappa shape index (κ2) is 5.25. The van der Waals surface area contributed by atoms with E-state index in [0.717, 1.165) is 0 Å². The molecule has 82 valence electrons. The number of hydrogen-bond donors (Lipinski definition) is 1. The minimum Gasteiger partial charge on any atom is -0.207 e. The van der Waals surface area contributed by atoms with Crippen LogP contribution in [-0.4, -0.2) is 15.0 Å². The fourth-order valence-electron chi connectivity index (χ4n) is 0.930. The average molecular weight is 355 g/mol. The Kier molecular flexibility index (Phi) is 4.51. The van der Waals surface area contributed by atoms with Gasteiger partial charge in [0.25, 0.3) is 0 Å². The van der Waals surface area contributed by atoms with Crippen LogP contribution >= 0.6 is 31.9 Å². The first-order valence-electron chi connectivity index (χ1n) is 4.03. The van der Waals surface area contributed by atoms with Crippen LogP contribution in [-0.2, 0) is 10.0 Å². The zero-order valence-corrected chi connectivity index (χ0v) is 11.7. The molecule has 0 spiro atoms. The predicted molar refractivity (Wildman–Crippen MR) is 67.2 cm³/mol. The van der Waals surface area contributed by atoms with Crippen molar-refractivity contribution >= 4 is 41.9 Å². The number of halogens is 2. The Bertz CT molecular complexity index is 471. The summed E-state index contributed by atoms with van der Waals surface area (Å²) < 4.78 is 27.1. The van der Waals surface area contributed by atoms with E-state index < -0.39 is 10.0 Å². The van der Waals surface area contributed by atoms with E-state index >= 15 is 0 Å². The molecule has 0 atom stereocenters. The molecule has 0 amide bonds. The molecule has 1 rings (SSSR count). The molecule has 0 radical (unpaired) electrons. The van der Waals surface area contributed by atoms with Crippen molar-refractivity contribution in [2.24, 2.45) is 0 Å². The summed E-state index contributed by atoms with van der Waals surface area (Å²) in [4.78, 5) is 0.207. The zero-order valence-electron chi connectivity index (χ0n) is 7.70. The Morgan fingerprint density at radius 3 is 2.67 bits per heavy atom. The molecule has 0 aliphatic rings. The molecule has 6 heteroatoms. The zero-order chi connectivity index (χ0) is 11.5. The summed E-state index contributed by atoms with van der Waals surface area (Å²) in [6.45, 7) is 3.66. The van der Waals surface area contributed by atoms with Crippen molar-refractivity contribution in [1.29, 1.82) is 0 Å². The molecule has 1 aromatic rings. The first-order valence-corrected chi connectivity index (χ1v) is 7.10. The molecule has 0 fully saturated rings. The fourth-order valence-corrected chi connectivity index (χ4v) is 3.43. The van der Waals surface area contributed by atoms with Gasteiger partial charge in [0.2, 0.25) is 10.0 Å². The van der Waals surface area contributed by atoms with Crippen LogP contribution in [0.1, 0.15) is 0 Å². The highest BCUT2D eigenvalue weighted by molar-refractivity contribution is 9.11. The molecule has 0 aromatic heterocycles. The molecule has 0 aliphatic carbocycles. The summed E-state index contributed by atoms with van der Waals surface area (Å²) in [6.07, 6.45) is 1.49. The van der Waals surface area contributed by atoms with Crippen molar-refractivity contribution in [3.05, 3.63) is 39.8 Å². The molecular formula is C9H9Br2NO2S. The Hall–Kier alpha value is -0.170. The maximum absolute atomic E-state index is 11.8. The SMILES string of the molecule is C=CCNS(=O)(=O)c1cc(Br)ccc1Br. The van der Waals surface area contributed by atoms with Crippen LogP contribution in [0.4, 0.5) is 0 Å². The van der Waals surface area contributed by atoms with E-state index in [4.69, 9.17) is 0 Å². The summed E-state index contributed by atoms with van der Waals surface area (Å²) in [5.41, 5.74) is 0. The number of hydrogen-bond acceptors (Lipinski definition) is 2. The maximum Gasteiger partial charge on any atom is 0.242 e.